The molecule has 0 atom stereocenters. The minimum atomic E-state index is -3.56. The maximum atomic E-state index is 11.9. The standard InChI is InChI=1S/C14H22N2O5S/c1-11(2)16-14(17)10-21-12-4-6-13(7-5-12)22(18,19)15-8-9-20-3/h4-7,11,15H,8-10H2,1-3H3,(H,16,17). The summed E-state index contributed by atoms with van der Waals surface area (Å²) in [4.78, 5) is 11.6. The van der Waals surface area contributed by atoms with E-state index in [0.717, 1.165) is 0 Å². The molecule has 8 heteroatoms. The zero-order valence-corrected chi connectivity index (χ0v) is 13.8. The summed E-state index contributed by atoms with van der Waals surface area (Å²) < 4.78 is 36.4. The summed E-state index contributed by atoms with van der Waals surface area (Å²) in [6, 6.07) is 5.90. The van der Waals surface area contributed by atoms with E-state index >= 15 is 0 Å². The van der Waals surface area contributed by atoms with E-state index in [1.807, 2.05) is 13.8 Å². The molecular formula is C14H22N2O5S. The van der Waals surface area contributed by atoms with Gasteiger partial charge in [0.25, 0.3) is 5.91 Å². The molecule has 7 nitrogen and oxygen atoms in total. The maximum Gasteiger partial charge on any atom is 0.258 e. The highest BCUT2D eigenvalue weighted by atomic mass is 32.2. The van der Waals surface area contributed by atoms with Crippen LogP contribution < -0.4 is 14.8 Å². The minimum absolute atomic E-state index is 0.0433. The van der Waals surface area contributed by atoms with Gasteiger partial charge in [-0.15, -0.1) is 0 Å². The van der Waals surface area contributed by atoms with Gasteiger partial charge in [0.05, 0.1) is 11.5 Å². The van der Waals surface area contributed by atoms with E-state index in [2.05, 4.69) is 10.0 Å². The van der Waals surface area contributed by atoms with Crippen molar-refractivity contribution in [3.8, 4) is 5.75 Å². The fraction of sp³-hybridized carbons (Fsp3) is 0.500. The number of methoxy groups -OCH3 is 1. The smallest absolute Gasteiger partial charge is 0.258 e. The van der Waals surface area contributed by atoms with E-state index in [0.29, 0.717) is 12.4 Å². The molecule has 1 rings (SSSR count). The number of carbonyl (C=O) groups is 1. The molecule has 0 aliphatic heterocycles. The Hall–Kier alpha value is -1.64. The number of benzene rings is 1. The predicted octanol–water partition coefficient (Wildman–Crippen LogP) is 0.515. The highest BCUT2D eigenvalue weighted by molar-refractivity contribution is 7.89. The second-order valence-corrected chi connectivity index (χ2v) is 6.64. The zero-order chi connectivity index (χ0) is 16.6. The van der Waals surface area contributed by atoms with E-state index in [9.17, 15) is 13.2 Å². The number of sulfonamides is 1. The highest BCUT2D eigenvalue weighted by Gasteiger charge is 2.13. The first-order valence-corrected chi connectivity index (χ1v) is 8.34. The lowest BCUT2D eigenvalue weighted by Crippen LogP contribution is -2.34. The zero-order valence-electron chi connectivity index (χ0n) is 13.0. The lowest BCUT2D eigenvalue weighted by atomic mass is 10.3. The molecule has 124 valence electrons. The van der Waals surface area contributed by atoms with Crippen molar-refractivity contribution in [1.82, 2.24) is 10.0 Å². The quantitative estimate of drug-likeness (QED) is 0.644. The number of ether oxygens (including phenoxy) is 2. The van der Waals surface area contributed by atoms with Crippen molar-refractivity contribution in [3.05, 3.63) is 24.3 Å². The van der Waals surface area contributed by atoms with Crippen LogP contribution >= 0.6 is 0 Å². The summed E-state index contributed by atoms with van der Waals surface area (Å²) in [5.74, 6) is 0.197. The second-order valence-electron chi connectivity index (χ2n) is 4.87. The van der Waals surface area contributed by atoms with Gasteiger partial charge in [0, 0.05) is 19.7 Å². The lowest BCUT2D eigenvalue weighted by Gasteiger charge is -2.10. The van der Waals surface area contributed by atoms with Crippen molar-refractivity contribution in [3.63, 3.8) is 0 Å². The van der Waals surface area contributed by atoms with Crippen LogP contribution in [-0.2, 0) is 19.6 Å². The van der Waals surface area contributed by atoms with Gasteiger partial charge >= 0.3 is 0 Å². The van der Waals surface area contributed by atoms with Gasteiger partial charge in [0.1, 0.15) is 5.75 Å². The van der Waals surface area contributed by atoms with Crippen LogP contribution in [0.4, 0.5) is 0 Å². The molecule has 0 fully saturated rings. The third-order valence-electron chi connectivity index (χ3n) is 2.55. The molecule has 1 amide bonds. The van der Waals surface area contributed by atoms with Crippen molar-refractivity contribution in [2.24, 2.45) is 0 Å². The van der Waals surface area contributed by atoms with E-state index < -0.39 is 10.0 Å². The van der Waals surface area contributed by atoms with Crippen molar-refractivity contribution in [2.45, 2.75) is 24.8 Å². The van der Waals surface area contributed by atoms with Gasteiger partial charge in [-0.1, -0.05) is 0 Å². The van der Waals surface area contributed by atoms with Crippen LogP contribution in [0, 0.1) is 0 Å². The van der Waals surface area contributed by atoms with Crippen LogP contribution in [0.25, 0.3) is 0 Å². The number of nitrogens with one attached hydrogen (secondary N) is 2. The first-order chi connectivity index (χ1) is 10.3. The Morgan fingerprint density at radius 3 is 2.41 bits per heavy atom. The number of hydrogen-bond acceptors (Lipinski definition) is 5. The first kappa shape index (κ1) is 18.4. The Kier molecular flexibility index (Phi) is 7.30. The van der Waals surface area contributed by atoms with Crippen LogP contribution in [0.15, 0.2) is 29.2 Å². The molecule has 2 N–H and O–H groups in total. The Labute approximate surface area is 131 Å². The maximum absolute atomic E-state index is 11.9. The normalized spacial score (nSPS) is 11.5. The monoisotopic (exact) mass is 330 g/mol. The van der Waals surface area contributed by atoms with Gasteiger partial charge in [0.15, 0.2) is 6.61 Å². The molecule has 0 saturated heterocycles. The summed E-state index contributed by atoms with van der Waals surface area (Å²) in [6.45, 7) is 4.09. The van der Waals surface area contributed by atoms with Crippen molar-refractivity contribution >= 4 is 15.9 Å². The fourth-order valence-corrected chi connectivity index (χ4v) is 2.60. The van der Waals surface area contributed by atoms with Crippen LogP contribution in [0.3, 0.4) is 0 Å². The summed E-state index contributed by atoms with van der Waals surface area (Å²) in [6.07, 6.45) is 0. The Balaban J connectivity index is 2.57. The molecule has 0 bridgehead atoms. The minimum Gasteiger partial charge on any atom is -0.484 e. The van der Waals surface area contributed by atoms with Gasteiger partial charge in [-0.25, -0.2) is 13.1 Å². The molecule has 22 heavy (non-hydrogen) atoms. The van der Waals surface area contributed by atoms with E-state index in [1.54, 1.807) is 0 Å². The SMILES string of the molecule is COCCNS(=O)(=O)c1ccc(OCC(=O)NC(C)C)cc1. The van der Waals surface area contributed by atoms with E-state index in [1.165, 1.54) is 31.4 Å². The molecular weight excluding hydrogens is 308 g/mol. The number of carbonyl (C=O) groups excluding carboxylic acids is 1. The average Bonchev–Trinajstić information content (AvgIpc) is 2.45. The van der Waals surface area contributed by atoms with Gasteiger partial charge in [0.2, 0.25) is 10.0 Å². The largest absolute Gasteiger partial charge is 0.484 e. The van der Waals surface area contributed by atoms with Gasteiger partial charge < -0.3 is 14.8 Å². The Bertz CT molecular complexity index is 569. The molecule has 0 spiro atoms. The number of rotatable bonds is 9. The van der Waals surface area contributed by atoms with Crippen LogP contribution in [0.5, 0.6) is 5.75 Å². The second kappa shape index (κ2) is 8.72. The Morgan fingerprint density at radius 1 is 1.23 bits per heavy atom. The van der Waals surface area contributed by atoms with Gasteiger partial charge in [-0.05, 0) is 38.1 Å². The van der Waals surface area contributed by atoms with Gasteiger partial charge in [-0.2, -0.15) is 0 Å². The molecule has 0 aromatic heterocycles. The van der Waals surface area contributed by atoms with Crippen molar-refractivity contribution in [1.29, 1.82) is 0 Å². The number of hydrogen-bond donors (Lipinski definition) is 2. The summed E-state index contributed by atoms with van der Waals surface area (Å²) in [5, 5.41) is 2.70. The molecule has 0 saturated carbocycles. The van der Waals surface area contributed by atoms with E-state index in [4.69, 9.17) is 9.47 Å². The molecule has 0 radical (unpaired) electrons. The number of amides is 1. The fourth-order valence-electron chi connectivity index (χ4n) is 1.59. The Morgan fingerprint density at radius 2 is 1.86 bits per heavy atom. The molecule has 0 unspecified atom stereocenters. The third-order valence-corrected chi connectivity index (χ3v) is 4.03. The summed E-state index contributed by atoms with van der Waals surface area (Å²) in [5.41, 5.74) is 0. The molecule has 1 aromatic rings. The van der Waals surface area contributed by atoms with E-state index in [-0.39, 0.29) is 30.0 Å². The predicted molar refractivity (Wildman–Crippen MR) is 82.3 cm³/mol. The van der Waals surface area contributed by atoms with Crippen molar-refractivity contribution < 1.29 is 22.7 Å². The average molecular weight is 330 g/mol. The molecule has 0 heterocycles. The first-order valence-electron chi connectivity index (χ1n) is 6.86. The highest BCUT2D eigenvalue weighted by Crippen LogP contribution is 2.15. The van der Waals surface area contributed by atoms with Crippen molar-refractivity contribution in [2.75, 3.05) is 26.9 Å². The molecule has 0 aliphatic rings. The summed E-state index contributed by atoms with van der Waals surface area (Å²) >= 11 is 0. The topological polar surface area (TPSA) is 93.7 Å². The van der Waals surface area contributed by atoms with Gasteiger partial charge in [-0.3, -0.25) is 4.79 Å². The summed E-state index contributed by atoms with van der Waals surface area (Å²) in [7, 11) is -2.07. The lowest BCUT2D eigenvalue weighted by molar-refractivity contribution is -0.123. The van der Waals surface area contributed by atoms with Crippen LogP contribution in [0.1, 0.15) is 13.8 Å². The third kappa shape index (κ3) is 6.42. The molecule has 1 aromatic carbocycles. The molecule has 0 aliphatic carbocycles. The van der Waals surface area contributed by atoms with Crippen LogP contribution in [-0.4, -0.2) is 47.2 Å². The van der Waals surface area contributed by atoms with Crippen LogP contribution in [0.2, 0.25) is 0 Å².